The number of rotatable bonds is 9. The third-order valence-electron chi connectivity index (χ3n) is 4.55. The summed E-state index contributed by atoms with van der Waals surface area (Å²) in [6.45, 7) is 8.24. The number of hydrogen-bond acceptors (Lipinski definition) is 7. The number of methoxy groups -OCH3 is 1. The molecule has 1 aromatic carbocycles. The van der Waals surface area contributed by atoms with E-state index in [0.717, 1.165) is 69.6 Å². The summed E-state index contributed by atoms with van der Waals surface area (Å²) in [4.78, 5) is 11.4. The van der Waals surface area contributed by atoms with Crippen LogP contribution >= 0.6 is 0 Å². The summed E-state index contributed by atoms with van der Waals surface area (Å²) in [5.74, 6) is 2.41. The van der Waals surface area contributed by atoms with Crippen molar-refractivity contribution in [2.45, 2.75) is 13.3 Å². The minimum absolute atomic E-state index is 0.676. The molecule has 1 aliphatic rings. The first-order chi connectivity index (χ1) is 13.2. The number of nitrogens with one attached hydrogen (secondary N) is 2. The van der Waals surface area contributed by atoms with Crippen LogP contribution in [0.3, 0.4) is 0 Å². The average molecular weight is 371 g/mol. The summed E-state index contributed by atoms with van der Waals surface area (Å²) in [6.07, 6.45) is 0.923. The molecule has 0 saturated carbocycles. The zero-order valence-electron chi connectivity index (χ0n) is 16.2. The fourth-order valence-corrected chi connectivity index (χ4v) is 3.02. The van der Waals surface area contributed by atoms with E-state index >= 15 is 0 Å². The van der Waals surface area contributed by atoms with Gasteiger partial charge in [-0.1, -0.05) is 12.1 Å². The smallest absolute Gasteiger partial charge is 0.224 e. The molecule has 0 spiro atoms. The Labute approximate surface area is 161 Å². The quantitative estimate of drug-likeness (QED) is 0.700. The van der Waals surface area contributed by atoms with Crippen molar-refractivity contribution in [3.05, 3.63) is 41.6 Å². The van der Waals surface area contributed by atoms with Gasteiger partial charge in [0.25, 0.3) is 0 Å². The Hall–Kier alpha value is -2.38. The van der Waals surface area contributed by atoms with Crippen LogP contribution in [0.1, 0.15) is 11.3 Å². The highest BCUT2D eigenvalue weighted by Gasteiger charge is 2.10. The van der Waals surface area contributed by atoms with Crippen molar-refractivity contribution < 1.29 is 9.47 Å². The highest BCUT2D eigenvalue weighted by atomic mass is 16.5. The lowest BCUT2D eigenvalue weighted by molar-refractivity contribution is 0.0398. The maximum Gasteiger partial charge on any atom is 0.224 e. The molecule has 2 heterocycles. The number of nitrogens with zero attached hydrogens (tertiary/aromatic N) is 3. The Morgan fingerprint density at radius 2 is 1.85 bits per heavy atom. The Bertz CT molecular complexity index is 702. The van der Waals surface area contributed by atoms with Gasteiger partial charge in [-0.05, 0) is 31.0 Å². The predicted molar refractivity (Wildman–Crippen MR) is 108 cm³/mol. The average Bonchev–Trinajstić information content (AvgIpc) is 2.69. The zero-order valence-corrected chi connectivity index (χ0v) is 16.2. The minimum Gasteiger partial charge on any atom is -0.497 e. The molecule has 0 radical (unpaired) electrons. The number of benzene rings is 1. The topological polar surface area (TPSA) is 71.5 Å². The minimum atomic E-state index is 0.676. The summed E-state index contributed by atoms with van der Waals surface area (Å²) in [7, 11) is 1.68. The Morgan fingerprint density at radius 3 is 2.59 bits per heavy atom. The molecular formula is C20H29N5O2. The molecule has 3 rings (SSSR count). The molecule has 1 aromatic heterocycles. The largest absolute Gasteiger partial charge is 0.497 e. The van der Waals surface area contributed by atoms with Crippen molar-refractivity contribution in [2.24, 2.45) is 0 Å². The third kappa shape index (κ3) is 6.37. The van der Waals surface area contributed by atoms with Crippen LogP contribution in [0, 0.1) is 6.92 Å². The molecule has 0 atom stereocenters. The second-order valence-electron chi connectivity index (χ2n) is 6.62. The van der Waals surface area contributed by atoms with E-state index in [4.69, 9.17) is 9.47 Å². The van der Waals surface area contributed by atoms with Crippen LogP contribution in [0.5, 0.6) is 5.75 Å². The van der Waals surface area contributed by atoms with E-state index in [1.54, 1.807) is 7.11 Å². The van der Waals surface area contributed by atoms with E-state index < -0.39 is 0 Å². The van der Waals surface area contributed by atoms with Crippen LogP contribution in [0.25, 0.3) is 0 Å². The Morgan fingerprint density at radius 1 is 1.07 bits per heavy atom. The summed E-state index contributed by atoms with van der Waals surface area (Å²) in [5, 5.41) is 6.73. The second-order valence-corrected chi connectivity index (χ2v) is 6.62. The molecule has 2 N–H and O–H groups in total. The molecule has 1 fully saturated rings. The van der Waals surface area contributed by atoms with E-state index in [2.05, 4.69) is 37.6 Å². The molecule has 7 nitrogen and oxygen atoms in total. The molecule has 1 aliphatic heterocycles. The summed E-state index contributed by atoms with van der Waals surface area (Å²) < 4.78 is 10.6. The summed E-state index contributed by atoms with van der Waals surface area (Å²) in [6, 6.07) is 10.1. The SMILES string of the molecule is COc1ccc(CCNc2cc(C)nc(NCCN3CCOCC3)n2)cc1. The van der Waals surface area contributed by atoms with E-state index in [1.165, 1.54) is 5.56 Å². The van der Waals surface area contributed by atoms with Gasteiger partial charge >= 0.3 is 0 Å². The van der Waals surface area contributed by atoms with E-state index in [-0.39, 0.29) is 0 Å². The van der Waals surface area contributed by atoms with Gasteiger partial charge in [-0.25, -0.2) is 4.98 Å². The first-order valence-electron chi connectivity index (χ1n) is 9.49. The molecule has 0 aliphatic carbocycles. The van der Waals surface area contributed by atoms with E-state index in [0.29, 0.717) is 5.95 Å². The first-order valence-corrected chi connectivity index (χ1v) is 9.49. The summed E-state index contributed by atoms with van der Waals surface area (Å²) >= 11 is 0. The van der Waals surface area contributed by atoms with Crippen molar-refractivity contribution in [1.29, 1.82) is 0 Å². The molecule has 0 amide bonds. The maximum atomic E-state index is 5.38. The van der Waals surface area contributed by atoms with Gasteiger partial charge in [-0.15, -0.1) is 0 Å². The van der Waals surface area contributed by atoms with Gasteiger partial charge in [0.05, 0.1) is 20.3 Å². The molecule has 0 bridgehead atoms. The fourth-order valence-electron chi connectivity index (χ4n) is 3.02. The van der Waals surface area contributed by atoms with Crippen LogP contribution in [0.4, 0.5) is 11.8 Å². The Balaban J connectivity index is 1.45. The van der Waals surface area contributed by atoms with Crippen LogP contribution in [-0.4, -0.2) is 67.9 Å². The van der Waals surface area contributed by atoms with Crippen molar-refractivity contribution in [1.82, 2.24) is 14.9 Å². The fraction of sp³-hybridized carbons (Fsp3) is 0.500. The highest BCUT2D eigenvalue weighted by Crippen LogP contribution is 2.13. The van der Waals surface area contributed by atoms with E-state index in [1.807, 2.05) is 25.1 Å². The van der Waals surface area contributed by atoms with Gasteiger partial charge in [0, 0.05) is 44.5 Å². The van der Waals surface area contributed by atoms with Crippen molar-refractivity contribution in [3.8, 4) is 5.75 Å². The molecule has 1 saturated heterocycles. The van der Waals surface area contributed by atoms with Crippen LogP contribution in [0.2, 0.25) is 0 Å². The van der Waals surface area contributed by atoms with Crippen LogP contribution in [-0.2, 0) is 11.2 Å². The van der Waals surface area contributed by atoms with Gasteiger partial charge in [0.2, 0.25) is 5.95 Å². The molecule has 0 unspecified atom stereocenters. The first kappa shape index (κ1) is 19.4. The van der Waals surface area contributed by atoms with Gasteiger partial charge in [0.15, 0.2) is 0 Å². The normalized spacial score (nSPS) is 14.7. The number of aryl methyl sites for hydroxylation is 1. The van der Waals surface area contributed by atoms with Gasteiger partial charge in [0.1, 0.15) is 11.6 Å². The maximum absolute atomic E-state index is 5.38. The number of hydrogen-bond donors (Lipinski definition) is 2. The van der Waals surface area contributed by atoms with Gasteiger partial charge < -0.3 is 20.1 Å². The molecule has 2 aromatic rings. The van der Waals surface area contributed by atoms with Crippen molar-refractivity contribution in [2.75, 3.05) is 63.7 Å². The van der Waals surface area contributed by atoms with Crippen molar-refractivity contribution in [3.63, 3.8) is 0 Å². The third-order valence-corrected chi connectivity index (χ3v) is 4.55. The highest BCUT2D eigenvalue weighted by molar-refractivity contribution is 5.42. The number of morpholine rings is 1. The molecule has 7 heteroatoms. The summed E-state index contributed by atoms with van der Waals surface area (Å²) in [5.41, 5.74) is 2.21. The van der Waals surface area contributed by atoms with Crippen molar-refractivity contribution >= 4 is 11.8 Å². The second kappa shape index (κ2) is 10.1. The molecule has 146 valence electrons. The van der Waals surface area contributed by atoms with Crippen LogP contribution < -0.4 is 15.4 Å². The Kier molecular flexibility index (Phi) is 7.24. The zero-order chi connectivity index (χ0) is 18.9. The van der Waals surface area contributed by atoms with Crippen LogP contribution in [0.15, 0.2) is 30.3 Å². The lowest BCUT2D eigenvalue weighted by Crippen LogP contribution is -2.39. The molecular weight excluding hydrogens is 342 g/mol. The standard InChI is InChI=1S/C20H29N5O2/c1-16-15-19(21-8-7-17-3-5-18(26-2)6-4-17)24-20(23-16)22-9-10-25-11-13-27-14-12-25/h3-6,15H,7-14H2,1-2H3,(H2,21,22,23,24). The number of anilines is 2. The lowest BCUT2D eigenvalue weighted by atomic mass is 10.1. The lowest BCUT2D eigenvalue weighted by Gasteiger charge is -2.26. The molecule has 27 heavy (non-hydrogen) atoms. The monoisotopic (exact) mass is 371 g/mol. The van der Waals surface area contributed by atoms with E-state index in [9.17, 15) is 0 Å². The number of ether oxygens (including phenoxy) is 2. The van der Waals surface area contributed by atoms with Gasteiger partial charge in [-0.2, -0.15) is 4.98 Å². The number of aromatic nitrogens is 2. The van der Waals surface area contributed by atoms with Gasteiger partial charge in [-0.3, -0.25) is 4.90 Å². The predicted octanol–water partition coefficient (Wildman–Crippen LogP) is 2.19.